The van der Waals surface area contributed by atoms with Crippen LogP contribution < -0.4 is 0 Å². The molecule has 1 amide bonds. The summed E-state index contributed by atoms with van der Waals surface area (Å²) in [7, 11) is 0. The number of carbonyl (C=O) groups excluding carboxylic acids is 1. The third-order valence-electron chi connectivity index (χ3n) is 5.04. The second-order valence-corrected chi connectivity index (χ2v) is 6.79. The van der Waals surface area contributed by atoms with Gasteiger partial charge < -0.3 is 9.32 Å². The zero-order valence-corrected chi connectivity index (χ0v) is 14.7. The molecule has 4 nitrogen and oxygen atoms in total. The van der Waals surface area contributed by atoms with Crippen molar-refractivity contribution in [3.63, 3.8) is 0 Å². The number of hydrogen-bond acceptors (Lipinski definition) is 3. The van der Waals surface area contributed by atoms with Gasteiger partial charge in [0.15, 0.2) is 0 Å². The second kappa shape index (κ2) is 7.56. The molecule has 0 fully saturated rings. The highest BCUT2D eigenvalue weighted by atomic mass is 16.3. The number of amides is 1. The molecule has 0 saturated carbocycles. The maximum absolute atomic E-state index is 13.1. The predicted molar refractivity (Wildman–Crippen MR) is 99.3 cm³/mol. The highest BCUT2D eigenvalue weighted by molar-refractivity contribution is 5.77. The number of fused-ring (bicyclic) bond motifs is 1. The van der Waals surface area contributed by atoms with E-state index in [0.29, 0.717) is 25.4 Å². The van der Waals surface area contributed by atoms with Crippen LogP contribution in [0.2, 0.25) is 0 Å². The fraction of sp³-hybridized carbons (Fsp3) is 0.273. The molecule has 4 heteroatoms. The molecule has 0 N–H and O–H groups in total. The van der Waals surface area contributed by atoms with Gasteiger partial charge in [0.25, 0.3) is 0 Å². The van der Waals surface area contributed by atoms with Gasteiger partial charge in [-0.15, -0.1) is 0 Å². The summed E-state index contributed by atoms with van der Waals surface area (Å²) in [4.78, 5) is 19.3. The Labute approximate surface area is 153 Å². The lowest BCUT2D eigenvalue weighted by Crippen LogP contribution is -2.31. The first-order valence-electron chi connectivity index (χ1n) is 9.07. The van der Waals surface area contributed by atoms with Crippen LogP contribution in [-0.2, 0) is 24.3 Å². The summed E-state index contributed by atoms with van der Waals surface area (Å²) in [6, 6.07) is 18.0. The molecule has 26 heavy (non-hydrogen) atoms. The van der Waals surface area contributed by atoms with Gasteiger partial charge in [-0.1, -0.05) is 30.3 Å². The monoisotopic (exact) mass is 346 g/mol. The van der Waals surface area contributed by atoms with Crippen LogP contribution in [0.5, 0.6) is 0 Å². The number of furan rings is 1. The molecule has 1 aromatic carbocycles. The molecule has 0 radical (unpaired) electrons. The van der Waals surface area contributed by atoms with Crippen molar-refractivity contribution in [2.75, 3.05) is 0 Å². The van der Waals surface area contributed by atoms with Crippen LogP contribution in [-0.4, -0.2) is 15.8 Å². The van der Waals surface area contributed by atoms with Gasteiger partial charge in [0.1, 0.15) is 5.76 Å². The van der Waals surface area contributed by atoms with Crippen molar-refractivity contribution in [2.45, 2.75) is 38.3 Å². The van der Waals surface area contributed by atoms with E-state index in [0.717, 1.165) is 24.3 Å². The molecule has 1 aliphatic carbocycles. The smallest absolute Gasteiger partial charge is 0.223 e. The Morgan fingerprint density at radius 2 is 1.96 bits per heavy atom. The van der Waals surface area contributed by atoms with Crippen LogP contribution in [0.25, 0.3) is 0 Å². The molecule has 3 aromatic rings. The molecule has 0 spiro atoms. The van der Waals surface area contributed by atoms with Crippen LogP contribution >= 0.6 is 0 Å². The van der Waals surface area contributed by atoms with Crippen molar-refractivity contribution in [3.05, 3.63) is 89.6 Å². The van der Waals surface area contributed by atoms with Crippen LogP contribution in [0.4, 0.5) is 0 Å². The lowest BCUT2D eigenvalue weighted by Gasteiger charge is -2.23. The first-order chi connectivity index (χ1) is 12.8. The van der Waals surface area contributed by atoms with Crippen molar-refractivity contribution in [3.8, 4) is 0 Å². The van der Waals surface area contributed by atoms with E-state index < -0.39 is 0 Å². The number of pyridine rings is 1. The molecule has 1 unspecified atom stereocenters. The molecular weight excluding hydrogens is 324 g/mol. The second-order valence-electron chi connectivity index (χ2n) is 6.79. The zero-order valence-electron chi connectivity index (χ0n) is 14.7. The standard InChI is InChI=1S/C22H22N2O2/c25-22(14-18-11-10-17-6-1-2-9-21(17)18)24(16-20-8-5-13-26-20)15-19-7-3-4-12-23-19/h1-9,12-13,18H,10-11,14-16H2. The fourth-order valence-electron chi connectivity index (χ4n) is 3.71. The topological polar surface area (TPSA) is 46.3 Å². The number of carbonyl (C=O) groups is 1. The molecule has 0 aliphatic heterocycles. The van der Waals surface area contributed by atoms with Crippen molar-refractivity contribution >= 4 is 5.91 Å². The quantitative estimate of drug-likeness (QED) is 0.668. The van der Waals surface area contributed by atoms with Crippen LogP contribution in [0.15, 0.2) is 71.5 Å². The van der Waals surface area contributed by atoms with E-state index in [4.69, 9.17) is 4.42 Å². The summed E-state index contributed by atoms with van der Waals surface area (Å²) in [5.41, 5.74) is 3.60. The third-order valence-corrected chi connectivity index (χ3v) is 5.04. The molecule has 2 aromatic heterocycles. The van der Waals surface area contributed by atoms with Gasteiger partial charge in [-0.2, -0.15) is 0 Å². The van der Waals surface area contributed by atoms with Gasteiger partial charge in [-0.05, 0) is 54.2 Å². The van der Waals surface area contributed by atoms with Gasteiger partial charge in [0.2, 0.25) is 5.91 Å². The number of aryl methyl sites for hydroxylation is 1. The number of benzene rings is 1. The van der Waals surface area contributed by atoms with Gasteiger partial charge in [0, 0.05) is 12.6 Å². The number of rotatable bonds is 6. The van der Waals surface area contributed by atoms with E-state index in [1.54, 1.807) is 12.5 Å². The highest BCUT2D eigenvalue weighted by Crippen LogP contribution is 2.35. The summed E-state index contributed by atoms with van der Waals surface area (Å²) >= 11 is 0. The maximum Gasteiger partial charge on any atom is 0.223 e. The van der Waals surface area contributed by atoms with E-state index in [1.165, 1.54) is 11.1 Å². The van der Waals surface area contributed by atoms with E-state index in [1.807, 2.05) is 35.2 Å². The zero-order chi connectivity index (χ0) is 17.8. The Hall–Kier alpha value is -2.88. The fourth-order valence-corrected chi connectivity index (χ4v) is 3.71. The lowest BCUT2D eigenvalue weighted by molar-refractivity contribution is -0.133. The van der Waals surface area contributed by atoms with Crippen molar-refractivity contribution in [2.24, 2.45) is 0 Å². The minimum atomic E-state index is 0.147. The molecule has 2 heterocycles. The van der Waals surface area contributed by atoms with Gasteiger partial charge in [-0.3, -0.25) is 9.78 Å². The predicted octanol–water partition coefficient (Wildman–Crippen LogP) is 4.32. The Morgan fingerprint density at radius 1 is 1.08 bits per heavy atom. The van der Waals surface area contributed by atoms with Gasteiger partial charge in [0.05, 0.1) is 25.0 Å². The number of nitrogens with zero attached hydrogens (tertiary/aromatic N) is 2. The summed E-state index contributed by atoms with van der Waals surface area (Å²) in [5.74, 6) is 1.25. The highest BCUT2D eigenvalue weighted by Gasteiger charge is 2.27. The number of aromatic nitrogens is 1. The maximum atomic E-state index is 13.1. The average Bonchev–Trinajstić information content (AvgIpc) is 3.32. The average molecular weight is 346 g/mol. The number of hydrogen-bond donors (Lipinski definition) is 0. The van der Waals surface area contributed by atoms with E-state index in [2.05, 4.69) is 29.2 Å². The Bertz CT molecular complexity index is 859. The summed E-state index contributed by atoms with van der Waals surface area (Å²) in [5, 5.41) is 0. The molecule has 1 aliphatic rings. The first-order valence-corrected chi connectivity index (χ1v) is 9.07. The third kappa shape index (κ3) is 3.69. The summed E-state index contributed by atoms with van der Waals surface area (Å²) in [6.07, 6.45) is 6.05. The van der Waals surface area contributed by atoms with Crippen molar-refractivity contribution < 1.29 is 9.21 Å². The normalized spacial score (nSPS) is 15.6. The SMILES string of the molecule is O=C(CC1CCc2ccccc21)N(Cc1ccccn1)Cc1ccco1. The van der Waals surface area contributed by atoms with Crippen molar-refractivity contribution in [1.82, 2.24) is 9.88 Å². The summed E-state index contributed by atoms with van der Waals surface area (Å²) < 4.78 is 5.46. The minimum Gasteiger partial charge on any atom is -0.467 e. The van der Waals surface area contributed by atoms with Gasteiger partial charge >= 0.3 is 0 Å². The van der Waals surface area contributed by atoms with Gasteiger partial charge in [-0.25, -0.2) is 0 Å². The summed E-state index contributed by atoms with van der Waals surface area (Å²) in [6.45, 7) is 0.964. The molecular formula is C22H22N2O2. The van der Waals surface area contributed by atoms with E-state index >= 15 is 0 Å². The van der Waals surface area contributed by atoms with E-state index in [9.17, 15) is 4.79 Å². The first kappa shape index (κ1) is 16.6. The molecule has 0 bridgehead atoms. The van der Waals surface area contributed by atoms with Crippen LogP contribution in [0, 0.1) is 0 Å². The molecule has 1 atom stereocenters. The Balaban J connectivity index is 1.50. The molecule has 4 rings (SSSR count). The van der Waals surface area contributed by atoms with E-state index in [-0.39, 0.29) is 5.91 Å². The molecule has 0 saturated heterocycles. The Morgan fingerprint density at radius 3 is 2.77 bits per heavy atom. The lowest BCUT2D eigenvalue weighted by atomic mass is 9.97. The minimum absolute atomic E-state index is 0.147. The largest absolute Gasteiger partial charge is 0.467 e. The van der Waals surface area contributed by atoms with Crippen LogP contribution in [0.1, 0.15) is 41.3 Å². The molecule has 132 valence electrons. The van der Waals surface area contributed by atoms with Crippen molar-refractivity contribution in [1.29, 1.82) is 0 Å². The van der Waals surface area contributed by atoms with Crippen LogP contribution in [0.3, 0.4) is 0 Å². The Kier molecular flexibility index (Phi) is 4.82.